The number of fused-ring (bicyclic) bond motifs is 1. The van der Waals surface area contributed by atoms with E-state index in [1.165, 1.54) is 16.9 Å². The van der Waals surface area contributed by atoms with Gasteiger partial charge in [-0.15, -0.1) is 0 Å². The lowest BCUT2D eigenvalue weighted by Crippen LogP contribution is -2.42. The Morgan fingerprint density at radius 3 is 2.54 bits per heavy atom. The third kappa shape index (κ3) is 3.15. The molecule has 0 unspecified atom stereocenters. The summed E-state index contributed by atoms with van der Waals surface area (Å²) in [7, 11) is 1.64. The molecule has 4 rings (SSSR count). The summed E-state index contributed by atoms with van der Waals surface area (Å²) in [6.07, 6.45) is 1.91. The molecule has 2 heterocycles. The Morgan fingerprint density at radius 2 is 1.85 bits per heavy atom. The van der Waals surface area contributed by atoms with Gasteiger partial charge in [0.2, 0.25) is 0 Å². The number of rotatable bonds is 3. The molecule has 26 heavy (non-hydrogen) atoms. The first kappa shape index (κ1) is 16.6. The summed E-state index contributed by atoms with van der Waals surface area (Å²) in [5.41, 5.74) is 3.26. The van der Waals surface area contributed by atoms with Crippen molar-refractivity contribution in [3.05, 3.63) is 79.3 Å². The standard InChI is InChI=1S/C20H19N3O2S/c1-14-3-7-16(8-4-14)22-12-21-20-23(13-22)19(24)18(26-20)11-15-5-9-17(25-2)10-6-15/h3-11H,12-13H2,1-2H3. The predicted molar refractivity (Wildman–Crippen MR) is 104 cm³/mol. The van der Waals surface area contributed by atoms with E-state index >= 15 is 0 Å². The molecule has 1 aromatic heterocycles. The Kier molecular flexibility index (Phi) is 4.34. The summed E-state index contributed by atoms with van der Waals surface area (Å²) < 4.78 is 7.61. The van der Waals surface area contributed by atoms with E-state index in [0.717, 1.165) is 21.8 Å². The number of aromatic nitrogens is 1. The first-order valence-corrected chi connectivity index (χ1v) is 9.17. The van der Waals surface area contributed by atoms with Crippen molar-refractivity contribution in [2.45, 2.75) is 13.6 Å². The van der Waals surface area contributed by atoms with Crippen LogP contribution in [0.4, 0.5) is 5.69 Å². The van der Waals surface area contributed by atoms with E-state index in [0.29, 0.717) is 17.9 Å². The van der Waals surface area contributed by atoms with Gasteiger partial charge in [0.15, 0.2) is 4.80 Å². The van der Waals surface area contributed by atoms with Gasteiger partial charge in [0.05, 0.1) is 11.6 Å². The molecule has 6 heteroatoms. The van der Waals surface area contributed by atoms with Crippen LogP contribution in [0, 0.1) is 6.92 Å². The first-order chi connectivity index (χ1) is 12.6. The van der Waals surface area contributed by atoms with Crippen molar-refractivity contribution >= 4 is 23.1 Å². The fraction of sp³-hybridized carbons (Fsp3) is 0.200. The zero-order chi connectivity index (χ0) is 18.1. The van der Waals surface area contributed by atoms with Crippen molar-refractivity contribution in [1.82, 2.24) is 4.57 Å². The van der Waals surface area contributed by atoms with Gasteiger partial charge in [0, 0.05) is 5.69 Å². The molecule has 3 aromatic rings. The smallest absolute Gasteiger partial charge is 0.271 e. The molecule has 0 saturated carbocycles. The second kappa shape index (κ2) is 6.80. The van der Waals surface area contributed by atoms with Gasteiger partial charge in [-0.1, -0.05) is 41.2 Å². The quantitative estimate of drug-likeness (QED) is 0.714. The molecule has 1 aliphatic heterocycles. The number of ether oxygens (including phenoxy) is 1. The highest BCUT2D eigenvalue weighted by Gasteiger charge is 2.15. The van der Waals surface area contributed by atoms with Crippen molar-refractivity contribution in [2.75, 3.05) is 18.7 Å². The second-order valence-corrected chi connectivity index (χ2v) is 7.23. The molecule has 1 aliphatic rings. The van der Waals surface area contributed by atoms with E-state index in [1.54, 1.807) is 11.7 Å². The maximum absolute atomic E-state index is 12.8. The Morgan fingerprint density at radius 1 is 1.12 bits per heavy atom. The normalized spacial score (nSPS) is 14.1. The molecule has 0 bridgehead atoms. The average Bonchev–Trinajstić information content (AvgIpc) is 2.98. The van der Waals surface area contributed by atoms with Crippen LogP contribution in [-0.2, 0) is 6.67 Å². The van der Waals surface area contributed by atoms with Crippen molar-refractivity contribution < 1.29 is 4.74 Å². The van der Waals surface area contributed by atoms with Gasteiger partial charge in [0.1, 0.15) is 19.1 Å². The average molecular weight is 365 g/mol. The van der Waals surface area contributed by atoms with Crippen LogP contribution in [0.3, 0.4) is 0 Å². The monoisotopic (exact) mass is 365 g/mol. The van der Waals surface area contributed by atoms with Gasteiger partial charge in [-0.05, 0) is 42.8 Å². The first-order valence-electron chi connectivity index (χ1n) is 8.35. The van der Waals surface area contributed by atoms with Crippen molar-refractivity contribution in [3.8, 4) is 5.75 Å². The number of thiazole rings is 1. The molecule has 5 nitrogen and oxygen atoms in total. The number of benzene rings is 2. The van der Waals surface area contributed by atoms with Crippen molar-refractivity contribution in [1.29, 1.82) is 0 Å². The molecule has 0 saturated heterocycles. The summed E-state index contributed by atoms with van der Waals surface area (Å²) in [6.45, 7) is 3.14. The van der Waals surface area contributed by atoms with Gasteiger partial charge < -0.3 is 9.64 Å². The van der Waals surface area contributed by atoms with Crippen molar-refractivity contribution in [3.63, 3.8) is 0 Å². The lowest BCUT2D eigenvalue weighted by atomic mass is 10.2. The minimum Gasteiger partial charge on any atom is -0.497 e. The number of anilines is 1. The van der Waals surface area contributed by atoms with Gasteiger partial charge >= 0.3 is 0 Å². The molecule has 0 fully saturated rings. The summed E-state index contributed by atoms with van der Waals surface area (Å²) in [5, 5.41) is 0. The third-order valence-electron chi connectivity index (χ3n) is 4.39. The lowest BCUT2D eigenvalue weighted by molar-refractivity contribution is 0.415. The second-order valence-electron chi connectivity index (χ2n) is 6.22. The number of aryl methyl sites for hydroxylation is 1. The summed E-state index contributed by atoms with van der Waals surface area (Å²) in [6, 6.07) is 15.9. The maximum Gasteiger partial charge on any atom is 0.271 e. The van der Waals surface area contributed by atoms with E-state index in [2.05, 4.69) is 41.1 Å². The summed E-state index contributed by atoms with van der Waals surface area (Å²) in [4.78, 5) is 20.3. The largest absolute Gasteiger partial charge is 0.497 e. The van der Waals surface area contributed by atoms with Crippen molar-refractivity contribution in [2.24, 2.45) is 4.99 Å². The van der Waals surface area contributed by atoms with E-state index in [1.807, 2.05) is 30.3 Å². The molecule has 0 atom stereocenters. The molecule has 0 radical (unpaired) electrons. The molecule has 2 aromatic carbocycles. The molecule has 132 valence electrons. The summed E-state index contributed by atoms with van der Waals surface area (Å²) in [5.74, 6) is 0.799. The van der Waals surface area contributed by atoms with Gasteiger partial charge in [-0.25, -0.2) is 4.99 Å². The fourth-order valence-electron chi connectivity index (χ4n) is 2.88. The highest BCUT2D eigenvalue weighted by molar-refractivity contribution is 7.07. The molecular formula is C20H19N3O2S. The van der Waals surface area contributed by atoms with Crippen LogP contribution in [0.5, 0.6) is 5.75 Å². The van der Waals surface area contributed by atoms with Crippen LogP contribution in [0.25, 0.3) is 6.08 Å². The minimum absolute atomic E-state index is 0.00128. The molecule has 0 spiro atoms. The van der Waals surface area contributed by atoms with Crippen LogP contribution < -0.4 is 24.5 Å². The summed E-state index contributed by atoms with van der Waals surface area (Å²) >= 11 is 1.44. The highest BCUT2D eigenvalue weighted by Crippen LogP contribution is 2.16. The molecular weight excluding hydrogens is 346 g/mol. The topological polar surface area (TPSA) is 46.8 Å². The number of hydrogen-bond acceptors (Lipinski definition) is 5. The van der Waals surface area contributed by atoms with Crippen LogP contribution >= 0.6 is 11.3 Å². The van der Waals surface area contributed by atoms with Gasteiger partial charge in [-0.3, -0.25) is 9.36 Å². The Hall–Kier alpha value is -2.86. The van der Waals surface area contributed by atoms with Gasteiger partial charge in [0.25, 0.3) is 5.56 Å². The van der Waals surface area contributed by atoms with E-state index in [9.17, 15) is 4.79 Å². The van der Waals surface area contributed by atoms with Crippen LogP contribution in [0.15, 0.2) is 58.3 Å². The van der Waals surface area contributed by atoms with E-state index in [-0.39, 0.29) is 5.56 Å². The Bertz CT molecular complexity index is 1100. The Labute approximate surface area is 155 Å². The predicted octanol–water partition coefficient (Wildman–Crippen LogP) is 2.11. The Balaban J connectivity index is 1.67. The maximum atomic E-state index is 12.8. The molecule has 0 N–H and O–H groups in total. The molecule has 0 amide bonds. The van der Waals surface area contributed by atoms with Gasteiger partial charge in [-0.2, -0.15) is 0 Å². The SMILES string of the molecule is COc1ccc(C=c2sc3n(c2=O)CN(c2ccc(C)cc2)CN=3)cc1. The van der Waals surface area contributed by atoms with E-state index in [4.69, 9.17) is 4.74 Å². The van der Waals surface area contributed by atoms with E-state index < -0.39 is 0 Å². The van der Waals surface area contributed by atoms with Crippen LogP contribution in [0.2, 0.25) is 0 Å². The number of methoxy groups -OCH3 is 1. The molecule has 0 aliphatic carbocycles. The fourth-order valence-corrected chi connectivity index (χ4v) is 3.84. The number of nitrogens with zero attached hydrogens (tertiary/aromatic N) is 3. The van der Waals surface area contributed by atoms with Crippen LogP contribution in [-0.4, -0.2) is 18.3 Å². The zero-order valence-electron chi connectivity index (χ0n) is 14.7. The highest BCUT2D eigenvalue weighted by atomic mass is 32.1. The zero-order valence-corrected chi connectivity index (χ0v) is 15.5. The minimum atomic E-state index is 0.00128. The number of hydrogen-bond donors (Lipinski definition) is 0. The third-order valence-corrected chi connectivity index (χ3v) is 5.43. The lowest BCUT2D eigenvalue weighted by Gasteiger charge is -2.25. The van der Waals surface area contributed by atoms with Crippen LogP contribution in [0.1, 0.15) is 11.1 Å².